The molecule has 5 nitrogen and oxygen atoms in total. The molecule has 0 spiro atoms. The topological polar surface area (TPSA) is 84.9 Å². The van der Waals surface area contributed by atoms with Crippen LogP contribution in [0, 0.1) is 0 Å². The summed E-state index contributed by atoms with van der Waals surface area (Å²) < 4.78 is 21.4. The molecule has 0 aromatic rings. The average molecular weight is 173 g/mol. The second-order valence-electron chi connectivity index (χ2n) is 1.94. The standard InChI is InChI=1S/C5H7N3O2S/c6-11(9,10)5-3-1-2-4-7-8-5/h1-2,4H,3H2,(H2,6,9,10). The van der Waals surface area contributed by atoms with Crippen molar-refractivity contribution in [2.45, 2.75) is 6.42 Å². The average Bonchev–Trinajstić information content (AvgIpc) is 2.10. The molecular weight excluding hydrogens is 166 g/mol. The predicted octanol–water partition coefficient (Wildman–Crippen LogP) is -0.381. The molecule has 2 N–H and O–H groups in total. The third kappa shape index (κ3) is 2.24. The number of nitrogens with two attached hydrogens (primary N) is 1. The fourth-order valence-corrected chi connectivity index (χ4v) is 1.07. The van der Waals surface area contributed by atoms with E-state index in [1.54, 1.807) is 12.2 Å². The quantitative estimate of drug-likeness (QED) is 0.541. The molecule has 6 heteroatoms. The first-order valence-electron chi connectivity index (χ1n) is 2.88. The molecule has 0 bridgehead atoms. The number of sulfonamides is 1. The number of primary sulfonamides is 1. The first-order chi connectivity index (χ1) is 5.11. The fourth-order valence-electron chi connectivity index (χ4n) is 0.580. The lowest BCUT2D eigenvalue weighted by atomic mass is 10.4. The largest absolute Gasteiger partial charge is 0.253 e. The summed E-state index contributed by atoms with van der Waals surface area (Å²) in [7, 11) is -3.66. The smallest absolute Gasteiger partial charge is 0.224 e. The molecular formula is C5H7N3O2S. The molecule has 0 saturated carbocycles. The van der Waals surface area contributed by atoms with Crippen LogP contribution in [0.2, 0.25) is 0 Å². The van der Waals surface area contributed by atoms with Crippen molar-refractivity contribution in [3.05, 3.63) is 12.2 Å². The second-order valence-corrected chi connectivity index (χ2v) is 3.50. The minimum Gasteiger partial charge on any atom is -0.224 e. The SMILES string of the molecule is NS(=O)(=O)C1=NN=CC=CC1. The zero-order valence-corrected chi connectivity index (χ0v) is 6.45. The third-order valence-corrected chi connectivity index (χ3v) is 1.98. The minimum absolute atomic E-state index is 0.109. The highest BCUT2D eigenvalue weighted by Crippen LogP contribution is 1.98. The number of rotatable bonds is 0. The van der Waals surface area contributed by atoms with Crippen LogP contribution in [0.1, 0.15) is 6.42 Å². The van der Waals surface area contributed by atoms with E-state index in [9.17, 15) is 8.42 Å². The molecule has 0 fully saturated rings. The third-order valence-electron chi connectivity index (χ3n) is 1.08. The van der Waals surface area contributed by atoms with Gasteiger partial charge in [-0.15, -0.1) is 5.10 Å². The number of hydrogen-bond acceptors (Lipinski definition) is 4. The molecule has 0 saturated heterocycles. The molecule has 60 valence electrons. The van der Waals surface area contributed by atoms with Gasteiger partial charge in [-0.05, 0) is 6.08 Å². The summed E-state index contributed by atoms with van der Waals surface area (Å²) in [6.07, 6.45) is 4.85. The Balaban J connectivity index is 2.99. The van der Waals surface area contributed by atoms with Gasteiger partial charge in [0.15, 0.2) is 5.04 Å². The second kappa shape index (κ2) is 2.93. The highest BCUT2D eigenvalue weighted by molar-refractivity contribution is 8.04. The van der Waals surface area contributed by atoms with Crippen LogP contribution in [-0.2, 0) is 10.0 Å². The molecule has 0 amide bonds. The Morgan fingerprint density at radius 1 is 1.55 bits per heavy atom. The molecule has 11 heavy (non-hydrogen) atoms. The van der Waals surface area contributed by atoms with Gasteiger partial charge in [-0.2, -0.15) is 5.10 Å². The summed E-state index contributed by atoms with van der Waals surface area (Å²) in [6, 6.07) is 0. The summed E-state index contributed by atoms with van der Waals surface area (Å²) in [5.74, 6) is 0. The summed E-state index contributed by atoms with van der Waals surface area (Å²) in [4.78, 5) is 0. The van der Waals surface area contributed by atoms with Crippen molar-refractivity contribution in [3.63, 3.8) is 0 Å². The van der Waals surface area contributed by atoms with E-state index < -0.39 is 10.0 Å². The van der Waals surface area contributed by atoms with Crippen LogP contribution >= 0.6 is 0 Å². The Morgan fingerprint density at radius 2 is 2.27 bits per heavy atom. The maximum absolute atomic E-state index is 10.7. The summed E-state index contributed by atoms with van der Waals surface area (Å²) in [5, 5.41) is 11.5. The van der Waals surface area contributed by atoms with Gasteiger partial charge < -0.3 is 0 Å². The Labute approximate surface area is 64.4 Å². The van der Waals surface area contributed by atoms with Gasteiger partial charge in [-0.25, -0.2) is 13.6 Å². The van der Waals surface area contributed by atoms with Crippen molar-refractivity contribution < 1.29 is 8.42 Å². The molecule has 0 aromatic carbocycles. The minimum atomic E-state index is -3.66. The van der Waals surface area contributed by atoms with Crippen LogP contribution in [0.5, 0.6) is 0 Å². The van der Waals surface area contributed by atoms with Crippen molar-refractivity contribution in [1.29, 1.82) is 0 Å². The number of nitrogens with zero attached hydrogens (tertiary/aromatic N) is 2. The summed E-state index contributed by atoms with van der Waals surface area (Å²) in [6.45, 7) is 0. The molecule has 0 aromatic heterocycles. The van der Waals surface area contributed by atoms with Crippen LogP contribution < -0.4 is 5.14 Å². The molecule has 0 atom stereocenters. The van der Waals surface area contributed by atoms with E-state index in [1.165, 1.54) is 6.21 Å². The van der Waals surface area contributed by atoms with Gasteiger partial charge in [0.2, 0.25) is 0 Å². The number of allylic oxidation sites excluding steroid dienone is 2. The van der Waals surface area contributed by atoms with Crippen LogP contribution in [0.25, 0.3) is 0 Å². The van der Waals surface area contributed by atoms with Gasteiger partial charge in [-0.3, -0.25) is 0 Å². The lowest BCUT2D eigenvalue weighted by Crippen LogP contribution is -2.22. The molecule has 0 radical (unpaired) electrons. The van der Waals surface area contributed by atoms with Crippen molar-refractivity contribution in [2.24, 2.45) is 15.3 Å². The van der Waals surface area contributed by atoms with Crippen LogP contribution in [0.3, 0.4) is 0 Å². The predicted molar refractivity (Wildman–Crippen MR) is 42.8 cm³/mol. The van der Waals surface area contributed by atoms with Crippen molar-refractivity contribution in [3.8, 4) is 0 Å². The van der Waals surface area contributed by atoms with Gasteiger partial charge in [0.1, 0.15) is 0 Å². The van der Waals surface area contributed by atoms with Crippen molar-refractivity contribution >= 4 is 21.3 Å². The highest BCUT2D eigenvalue weighted by Gasteiger charge is 2.12. The van der Waals surface area contributed by atoms with Gasteiger partial charge >= 0.3 is 0 Å². The Bertz CT molecular complexity index is 326. The number of hydrogen-bond donors (Lipinski definition) is 1. The molecule has 1 rings (SSSR count). The van der Waals surface area contributed by atoms with E-state index in [-0.39, 0.29) is 11.5 Å². The van der Waals surface area contributed by atoms with Crippen LogP contribution in [-0.4, -0.2) is 19.7 Å². The molecule has 1 aliphatic heterocycles. The van der Waals surface area contributed by atoms with E-state index in [1.807, 2.05) is 0 Å². The lowest BCUT2D eigenvalue weighted by Gasteiger charge is -1.94. The first-order valence-corrected chi connectivity index (χ1v) is 4.43. The molecule has 0 unspecified atom stereocenters. The van der Waals surface area contributed by atoms with Crippen LogP contribution in [0.15, 0.2) is 22.4 Å². The van der Waals surface area contributed by atoms with E-state index in [0.29, 0.717) is 0 Å². The first kappa shape index (κ1) is 8.09. The van der Waals surface area contributed by atoms with Crippen molar-refractivity contribution in [1.82, 2.24) is 0 Å². The Kier molecular flexibility index (Phi) is 2.16. The van der Waals surface area contributed by atoms with E-state index in [4.69, 9.17) is 5.14 Å². The van der Waals surface area contributed by atoms with Gasteiger partial charge in [0.05, 0.1) is 0 Å². The van der Waals surface area contributed by atoms with Crippen LogP contribution in [0.4, 0.5) is 0 Å². The normalized spacial score (nSPS) is 17.7. The highest BCUT2D eigenvalue weighted by atomic mass is 32.2. The van der Waals surface area contributed by atoms with E-state index >= 15 is 0 Å². The van der Waals surface area contributed by atoms with Gasteiger partial charge in [0.25, 0.3) is 10.0 Å². The van der Waals surface area contributed by atoms with Gasteiger partial charge in [0, 0.05) is 12.6 Å². The van der Waals surface area contributed by atoms with E-state index in [2.05, 4.69) is 10.2 Å². The molecule has 0 aliphatic carbocycles. The molecule has 1 aliphatic rings. The maximum atomic E-state index is 10.7. The Morgan fingerprint density at radius 3 is 2.91 bits per heavy atom. The Hall–Kier alpha value is -1.01. The molecule has 1 heterocycles. The fraction of sp³-hybridized carbons (Fsp3) is 0.200. The lowest BCUT2D eigenvalue weighted by molar-refractivity contribution is 0.608. The zero-order valence-electron chi connectivity index (χ0n) is 5.64. The van der Waals surface area contributed by atoms with Crippen molar-refractivity contribution in [2.75, 3.05) is 0 Å². The monoisotopic (exact) mass is 173 g/mol. The van der Waals surface area contributed by atoms with E-state index in [0.717, 1.165) is 0 Å². The summed E-state index contributed by atoms with van der Waals surface area (Å²) in [5.41, 5.74) is 0. The zero-order chi connectivity index (χ0) is 8.32. The maximum Gasteiger partial charge on any atom is 0.253 e. The van der Waals surface area contributed by atoms with Gasteiger partial charge in [-0.1, -0.05) is 6.08 Å². The summed E-state index contributed by atoms with van der Waals surface area (Å²) >= 11 is 0.